The van der Waals surface area contributed by atoms with Crippen LogP contribution >= 0.6 is 0 Å². The van der Waals surface area contributed by atoms with Gasteiger partial charge in [-0.3, -0.25) is 4.79 Å². The smallest absolute Gasteiger partial charge is 0.362 e. The molecule has 0 saturated heterocycles. The van der Waals surface area contributed by atoms with Crippen LogP contribution in [-0.2, 0) is 4.74 Å². The molecule has 130 valence electrons. The van der Waals surface area contributed by atoms with E-state index in [4.69, 9.17) is 0 Å². The minimum Gasteiger partial charge on any atom is -0.503 e. The molecular weight excluding hydrogens is 336 g/mol. The fourth-order valence-corrected chi connectivity index (χ4v) is 2.18. The third-order valence-corrected chi connectivity index (χ3v) is 3.44. The summed E-state index contributed by atoms with van der Waals surface area (Å²) in [5, 5.41) is 22.0. The molecule has 1 heterocycles. The molecule has 8 heteroatoms. The molecule has 2 aromatic carbocycles. The van der Waals surface area contributed by atoms with Gasteiger partial charge in [-0.15, -0.1) is 5.11 Å². The van der Waals surface area contributed by atoms with E-state index < -0.39 is 28.7 Å². The van der Waals surface area contributed by atoms with Gasteiger partial charge in [0.15, 0.2) is 11.4 Å². The summed E-state index contributed by atoms with van der Waals surface area (Å²) >= 11 is 0. The van der Waals surface area contributed by atoms with Crippen molar-refractivity contribution >= 4 is 17.3 Å². The van der Waals surface area contributed by atoms with Crippen LogP contribution < -0.4 is 5.56 Å². The Labute approximate surface area is 148 Å². The van der Waals surface area contributed by atoms with Crippen LogP contribution in [0.25, 0.3) is 5.69 Å². The summed E-state index contributed by atoms with van der Waals surface area (Å²) in [6.07, 6.45) is 0. The maximum atomic E-state index is 12.7. The Hall–Kier alpha value is -3.81. The van der Waals surface area contributed by atoms with E-state index in [-0.39, 0.29) is 0 Å². The second kappa shape index (κ2) is 7.39. The predicted molar refractivity (Wildman–Crippen MR) is 93.5 cm³/mol. The molecule has 0 amide bonds. The summed E-state index contributed by atoms with van der Waals surface area (Å²) in [6, 6.07) is 17.1. The Bertz CT molecular complexity index is 1010. The van der Waals surface area contributed by atoms with Crippen molar-refractivity contribution in [2.45, 2.75) is 0 Å². The lowest BCUT2D eigenvalue weighted by Crippen LogP contribution is -2.24. The van der Waals surface area contributed by atoms with Crippen LogP contribution in [0.4, 0.5) is 11.4 Å². The van der Waals surface area contributed by atoms with E-state index in [9.17, 15) is 14.7 Å². The number of aromatic hydroxyl groups is 1. The minimum absolute atomic E-state index is 0.402. The van der Waals surface area contributed by atoms with Crippen molar-refractivity contribution in [3.8, 4) is 11.4 Å². The van der Waals surface area contributed by atoms with Crippen LogP contribution in [0.5, 0.6) is 5.75 Å². The summed E-state index contributed by atoms with van der Waals surface area (Å²) in [4.78, 5) is 24.6. The molecule has 26 heavy (non-hydrogen) atoms. The molecule has 0 aliphatic heterocycles. The topological polar surface area (TPSA) is 106 Å². The van der Waals surface area contributed by atoms with Crippen molar-refractivity contribution in [1.82, 2.24) is 9.78 Å². The minimum atomic E-state index is -0.900. The molecule has 0 atom stereocenters. The summed E-state index contributed by atoms with van der Waals surface area (Å²) in [6.45, 7) is 0. The number of azo groups is 1. The van der Waals surface area contributed by atoms with Crippen molar-refractivity contribution in [3.63, 3.8) is 0 Å². The number of hydrogen-bond acceptors (Lipinski definition) is 7. The number of para-hydroxylation sites is 1. The van der Waals surface area contributed by atoms with Crippen LogP contribution in [0.15, 0.2) is 75.7 Å². The average Bonchev–Trinajstić information content (AvgIpc) is 2.69. The van der Waals surface area contributed by atoms with Crippen molar-refractivity contribution in [1.29, 1.82) is 0 Å². The van der Waals surface area contributed by atoms with Gasteiger partial charge in [0, 0.05) is 0 Å². The van der Waals surface area contributed by atoms with Gasteiger partial charge in [0.25, 0.3) is 0 Å². The first-order valence-electron chi connectivity index (χ1n) is 7.58. The molecule has 8 nitrogen and oxygen atoms in total. The first-order chi connectivity index (χ1) is 12.6. The van der Waals surface area contributed by atoms with Gasteiger partial charge in [-0.1, -0.05) is 36.4 Å². The fourth-order valence-electron chi connectivity index (χ4n) is 2.18. The largest absolute Gasteiger partial charge is 0.503 e. The van der Waals surface area contributed by atoms with Crippen molar-refractivity contribution in [3.05, 3.63) is 76.7 Å². The normalized spacial score (nSPS) is 10.8. The Balaban J connectivity index is 2.20. The number of methoxy groups -OCH3 is 1. The number of benzene rings is 2. The zero-order chi connectivity index (χ0) is 18.5. The summed E-state index contributed by atoms with van der Waals surface area (Å²) in [7, 11) is 1.15. The lowest BCUT2D eigenvalue weighted by atomic mass is 10.3. The van der Waals surface area contributed by atoms with Gasteiger partial charge in [-0.05, 0) is 24.3 Å². The van der Waals surface area contributed by atoms with E-state index in [2.05, 4.69) is 20.1 Å². The van der Waals surface area contributed by atoms with E-state index in [1.807, 2.05) is 0 Å². The quantitative estimate of drug-likeness (QED) is 0.575. The Morgan fingerprint density at radius 1 is 1.04 bits per heavy atom. The van der Waals surface area contributed by atoms with Gasteiger partial charge < -0.3 is 9.84 Å². The SMILES string of the molecule is COC(=O)c1nn(-c2ccccc2)c(=O)c(N=Nc2ccccc2)c1O. The van der Waals surface area contributed by atoms with E-state index in [1.165, 1.54) is 0 Å². The maximum Gasteiger partial charge on any atom is 0.362 e. The van der Waals surface area contributed by atoms with Crippen molar-refractivity contribution in [2.24, 2.45) is 10.2 Å². The standard InChI is InChI=1S/C18H14N4O4/c1-26-18(25)15-16(23)14(20-19-12-8-4-2-5-9-12)17(24)22(21-15)13-10-6-3-7-11-13/h2-11,23H,1H3. The van der Waals surface area contributed by atoms with Crippen LogP contribution in [0.3, 0.4) is 0 Å². The highest BCUT2D eigenvalue weighted by molar-refractivity contribution is 5.91. The molecule has 1 aromatic heterocycles. The molecule has 0 spiro atoms. The van der Waals surface area contributed by atoms with E-state index in [1.54, 1.807) is 60.7 Å². The Morgan fingerprint density at radius 3 is 2.27 bits per heavy atom. The van der Waals surface area contributed by atoms with Crippen LogP contribution in [0.2, 0.25) is 0 Å². The highest BCUT2D eigenvalue weighted by atomic mass is 16.5. The zero-order valence-electron chi connectivity index (χ0n) is 13.7. The molecule has 0 aliphatic carbocycles. The van der Waals surface area contributed by atoms with Crippen molar-refractivity contribution < 1.29 is 14.6 Å². The number of esters is 1. The van der Waals surface area contributed by atoms with Crippen LogP contribution in [-0.4, -0.2) is 28.0 Å². The fraction of sp³-hybridized carbons (Fsp3) is 0.0556. The second-order valence-electron chi connectivity index (χ2n) is 5.13. The van der Waals surface area contributed by atoms with Crippen LogP contribution in [0, 0.1) is 0 Å². The number of nitrogens with zero attached hydrogens (tertiary/aromatic N) is 4. The lowest BCUT2D eigenvalue weighted by Gasteiger charge is -2.09. The molecule has 0 aliphatic rings. The summed E-state index contributed by atoms with van der Waals surface area (Å²) in [5.41, 5.74) is -0.681. The lowest BCUT2D eigenvalue weighted by molar-refractivity contribution is 0.0588. The van der Waals surface area contributed by atoms with Crippen molar-refractivity contribution in [2.75, 3.05) is 7.11 Å². The molecule has 0 unspecified atom stereocenters. The highest BCUT2D eigenvalue weighted by Crippen LogP contribution is 2.28. The van der Waals surface area contributed by atoms with E-state index >= 15 is 0 Å². The Morgan fingerprint density at radius 2 is 1.65 bits per heavy atom. The third kappa shape index (κ3) is 3.34. The van der Waals surface area contributed by atoms with Gasteiger partial charge in [0.2, 0.25) is 5.69 Å². The molecule has 0 fully saturated rings. The number of hydrogen-bond donors (Lipinski definition) is 1. The first kappa shape index (κ1) is 17.0. The molecular formula is C18H14N4O4. The number of carbonyl (C=O) groups is 1. The molecule has 0 radical (unpaired) electrons. The van der Waals surface area contributed by atoms with Crippen LogP contribution in [0.1, 0.15) is 10.5 Å². The third-order valence-electron chi connectivity index (χ3n) is 3.44. The first-order valence-corrected chi connectivity index (χ1v) is 7.58. The molecule has 1 N–H and O–H groups in total. The summed E-state index contributed by atoms with van der Waals surface area (Å²) < 4.78 is 5.58. The van der Waals surface area contributed by atoms with E-state index in [0.29, 0.717) is 11.4 Å². The second-order valence-corrected chi connectivity index (χ2v) is 5.13. The summed E-state index contributed by atoms with van der Waals surface area (Å²) in [5.74, 6) is -1.59. The molecule has 3 rings (SSSR count). The van der Waals surface area contributed by atoms with Gasteiger partial charge >= 0.3 is 11.5 Å². The van der Waals surface area contributed by atoms with E-state index in [0.717, 1.165) is 11.8 Å². The zero-order valence-corrected chi connectivity index (χ0v) is 13.7. The highest BCUT2D eigenvalue weighted by Gasteiger charge is 2.23. The van der Waals surface area contributed by atoms with Gasteiger partial charge in [0.1, 0.15) is 0 Å². The molecule has 0 bridgehead atoms. The van der Waals surface area contributed by atoms with Gasteiger partial charge in [-0.2, -0.15) is 14.9 Å². The maximum absolute atomic E-state index is 12.7. The number of carbonyl (C=O) groups excluding carboxylic acids is 1. The molecule has 3 aromatic rings. The average molecular weight is 350 g/mol. The number of rotatable bonds is 4. The monoisotopic (exact) mass is 350 g/mol. The van der Waals surface area contributed by atoms with Gasteiger partial charge in [-0.25, -0.2) is 4.79 Å². The Kier molecular flexibility index (Phi) is 4.84. The number of aromatic nitrogens is 2. The predicted octanol–water partition coefficient (Wildman–Crippen LogP) is 3.14. The van der Waals surface area contributed by atoms with Gasteiger partial charge in [0.05, 0.1) is 18.5 Å². The molecule has 0 saturated carbocycles. The number of ether oxygens (including phenoxy) is 1.